The standard InChI is InChI=1S/C15H22N4O3/c1-19(4-6-20-2)5-7-22-14-9-12-11(8-13(14)21-3)15(16)18-10-17-12/h8-10H,4-7H2,1-3H3,(H2,16,17,18). The van der Waals surface area contributed by atoms with E-state index in [2.05, 4.69) is 14.9 Å². The average Bonchev–Trinajstić information content (AvgIpc) is 2.52. The monoisotopic (exact) mass is 306 g/mol. The van der Waals surface area contributed by atoms with Gasteiger partial charge in [0.1, 0.15) is 18.8 Å². The van der Waals surface area contributed by atoms with Gasteiger partial charge in [-0.2, -0.15) is 0 Å². The van der Waals surface area contributed by atoms with Crippen molar-refractivity contribution in [3.05, 3.63) is 18.5 Å². The van der Waals surface area contributed by atoms with Gasteiger partial charge in [0, 0.05) is 31.7 Å². The first kappa shape index (κ1) is 16.3. The number of methoxy groups -OCH3 is 2. The highest BCUT2D eigenvalue weighted by Crippen LogP contribution is 2.33. The fourth-order valence-corrected chi connectivity index (χ4v) is 2.03. The molecule has 1 aromatic heterocycles. The third kappa shape index (κ3) is 3.96. The molecule has 0 spiro atoms. The number of nitrogens with zero attached hydrogens (tertiary/aromatic N) is 3. The summed E-state index contributed by atoms with van der Waals surface area (Å²) in [6.45, 7) is 2.89. The number of likely N-dealkylation sites (N-methyl/N-ethyl adjacent to an activating group) is 1. The van der Waals surface area contributed by atoms with Crippen LogP contribution in [0.25, 0.3) is 10.9 Å². The lowest BCUT2D eigenvalue weighted by molar-refractivity contribution is 0.149. The highest BCUT2D eigenvalue weighted by Gasteiger charge is 2.10. The Morgan fingerprint density at radius 3 is 2.59 bits per heavy atom. The molecule has 0 bridgehead atoms. The molecule has 120 valence electrons. The van der Waals surface area contributed by atoms with E-state index in [-0.39, 0.29) is 0 Å². The fraction of sp³-hybridized carbons (Fsp3) is 0.467. The van der Waals surface area contributed by atoms with Gasteiger partial charge < -0.3 is 24.8 Å². The lowest BCUT2D eigenvalue weighted by atomic mass is 10.2. The van der Waals surface area contributed by atoms with Gasteiger partial charge in [-0.1, -0.05) is 0 Å². The van der Waals surface area contributed by atoms with E-state index in [9.17, 15) is 0 Å². The van der Waals surface area contributed by atoms with Crippen molar-refractivity contribution in [2.75, 3.05) is 53.3 Å². The Morgan fingerprint density at radius 2 is 1.86 bits per heavy atom. The van der Waals surface area contributed by atoms with Crippen LogP contribution in [-0.2, 0) is 4.74 Å². The molecule has 0 fully saturated rings. The number of nitrogen functional groups attached to an aromatic ring is 1. The molecule has 1 aromatic carbocycles. The molecule has 2 aromatic rings. The van der Waals surface area contributed by atoms with Gasteiger partial charge in [-0.3, -0.25) is 0 Å². The molecule has 1 heterocycles. The van der Waals surface area contributed by atoms with Crippen LogP contribution >= 0.6 is 0 Å². The number of benzene rings is 1. The van der Waals surface area contributed by atoms with E-state index >= 15 is 0 Å². The van der Waals surface area contributed by atoms with Gasteiger partial charge in [-0.15, -0.1) is 0 Å². The van der Waals surface area contributed by atoms with Gasteiger partial charge in [0.15, 0.2) is 11.5 Å². The van der Waals surface area contributed by atoms with E-state index in [0.29, 0.717) is 30.5 Å². The zero-order valence-electron chi connectivity index (χ0n) is 13.2. The van der Waals surface area contributed by atoms with E-state index in [0.717, 1.165) is 24.0 Å². The van der Waals surface area contributed by atoms with Crippen molar-refractivity contribution in [2.24, 2.45) is 0 Å². The van der Waals surface area contributed by atoms with Crippen LogP contribution in [0.15, 0.2) is 18.5 Å². The highest BCUT2D eigenvalue weighted by atomic mass is 16.5. The smallest absolute Gasteiger partial charge is 0.163 e. The minimum absolute atomic E-state index is 0.425. The van der Waals surface area contributed by atoms with E-state index in [1.165, 1.54) is 6.33 Å². The molecule has 0 radical (unpaired) electrons. The van der Waals surface area contributed by atoms with Crippen LogP contribution in [0.5, 0.6) is 11.5 Å². The summed E-state index contributed by atoms with van der Waals surface area (Å²) in [4.78, 5) is 10.3. The molecular weight excluding hydrogens is 284 g/mol. The number of ether oxygens (including phenoxy) is 3. The molecule has 0 saturated carbocycles. The maximum Gasteiger partial charge on any atom is 0.163 e. The number of hydrogen-bond acceptors (Lipinski definition) is 7. The van der Waals surface area contributed by atoms with Crippen LogP contribution < -0.4 is 15.2 Å². The summed E-state index contributed by atoms with van der Waals surface area (Å²) >= 11 is 0. The highest BCUT2D eigenvalue weighted by molar-refractivity contribution is 5.90. The van der Waals surface area contributed by atoms with E-state index < -0.39 is 0 Å². The second kappa shape index (κ2) is 7.77. The van der Waals surface area contributed by atoms with Gasteiger partial charge in [0.2, 0.25) is 0 Å². The van der Waals surface area contributed by atoms with Crippen LogP contribution in [0.4, 0.5) is 5.82 Å². The fourth-order valence-electron chi connectivity index (χ4n) is 2.03. The van der Waals surface area contributed by atoms with Crippen molar-refractivity contribution >= 4 is 16.7 Å². The number of anilines is 1. The Balaban J connectivity index is 2.07. The van der Waals surface area contributed by atoms with Gasteiger partial charge in [-0.25, -0.2) is 9.97 Å². The molecule has 7 nitrogen and oxygen atoms in total. The lowest BCUT2D eigenvalue weighted by Crippen LogP contribution is -2.27. The maximum absolute atomic E-state index is 5.85. The number of hydrogen-bond donors (Lipinski definition) is 1. The Hall–Kier alpha value is -2.12. The number of aromatic nitrogens is 2. The predicted molar refractivity (Wildman–Crippen MR) is 85.4 cm³/mol. The third-order valence-electron chi connectivity index (χ3n) is 3.36. The summed E-state index contributed by atoms with van der Waals surface area (Å²) in [5.41, 5.74) is 6.58. The van der Waals surface area contributed by atoms with Crippen LogP contribution in [0.1, 0.15) is 0 Å². The zero-order chi connectivity index (χ0) is 15.9. The van der Waals surface area contributed by atoms with Gasteiger partial charge in [-0.05, 0) is 13.1 Å². The minimum Gasteiger partial charge on any atom is -0.493 e. The first-order valence-electron chi connectivity index (χ1n) is 7.04. The van der Waals surface area contributed by atoms with E-state index in [4.69, 9.17) is 19.9 Å². The average molecular weight is 306 g/mol. The quantitative estimate of drug-likeness (QED) is 0.784. The van der Waals surface area contributed by atoms with Crippen molar-refractivity contribution < 1.29 is 14.2 Å². The predicted octanol–water partition coefficient (Wildman–Crippen LogP) is 1.18. The van der Waals surface area contributed by atoms with E-state index in [1.807, 2.05) is 13.1 Å². The Labute approximate surface area is 130 Å². The number of fused-ring (bicyclic) bond motifs is 1. The summed E-state index contributed by atoms with van der Waals surface area (Å²) in [5.74, 6) is 1.69. The Morgan fingerprint density at radius 1 is 1.09 bits per heavy atom. The zero-order valence-corrected chi connectivity index (χ0v) is 13.2. The number of nitrogens with two attached hydrogens (primary N) is 1. The lowest BCUT2D eigenvalue weighted by Gasteiger charge is -2.17. The molecule has 0 amide bonds. The molecule has 0 atom stereocenters. The van der Waals surface area contributed by atoms with Crippen molar-refractivity contribution in [1.29, 1.82) is 0 Å². The summed E-state index contributed by atoms with van der Waals surface area (Å²) in [7, 11) is 5.31. The number of rotatable bonds is 8. The SMILES string of the molecule is COCCN(C)CCOc1cc2ncnc(N)c2cc1OC. The molecule has 0 unspecified atom stereocenters. The first-order chi connectivity index (χ1) is 10.7. The molecule has 0 aliphatic rings. The van der Waals surface area contributed by atoms with Crippen LogP contribution in [-0.4, -0.2) is 62.4 Å². The third-order valence-corrected chi connectivity index (χ3v) is 3.36. The Bertz CT molecular complexity index is 621. The molecule has 2 rings (SSSR count). The summed E-state index contributed by atoms with van der Waals surface area (Å²) in [5, 5.41) is 0.754. The molecule has 0 aliphatic heterocycles. The molecule has 0 saturated heterocycles. The van der Waals surface area contributed by atoms with E-state index in [1.54, 1.807) is 20.3 Å². The topological polar surface area (TPSA) is 82.7 Å². The van der Waals surface area contributed by atoms with Crippen molar-refractivity contribution in [1.82, 2.24) is 14.9 Å². The molecule has 7 heteroatoms. The van der Waals surface area contributed by atoms with Gasteiger partial charge in [0.05, 0.1) is 19.2 Å². The Kier molecular flexibility index (Phi) is 5.74. The second-order valence-corrected chi connectivity index (χ2v) is 4.92. The summed E-state index contributed by atoms with van der Waals surface area (Å²) in [6, 6.07) is 3.62. The van der Waals surface area contributed by atoms with Crippen molar-refractivity contribution in [3.8, 4) is 11.5 Å². The first-order valence-corrected chi connectivity index (χ1v) is 7.04. The summed E-state index contributed by atoms with van der Waals surface area (Å²) < 4.78 is 16.2. The van der Waals surface area contributed by atoms with Crippen molar-refractivity contribution in [3.63, 3.8) is 0 Å². The summed E-state index contributed by atoms with van der Waals surface area (Å²) in [6.07, 6.45) is 1.44. The van der Waals surface area contributed by atoms with Gasteiger partial charge in [0.25, 0.3) is 0 Å². The largest absolute Gasteiger partial charge is 0.493 e. The molecule has 0 aliphatic carbocycles. The minimum atomic E-state index is 0.425. The molecular formula is C15H22N4O3. The second-order valence-electron chi connectivity index (χ2n) is 4.92. The van der Waals surface area contributed by atoms with Crippen LogP contribution in [0, 0.1) is 0 Å². The molecule has 2 N–H and O–H groups in total. The normalized spacial score (nSPS) is 11.1. The molecule has 22 heavy (non-hydrogen) atoms. The van der Waals surface area contributed by atoms with Crippen LogP contribution in [0.3, 0.4) is 0 Å². The van der Waals surface area contributed by atoms with Crippen molar-refractivity contribution in [2.45, 2.75) is 0 Å². The maximum atomic E-state index is 5.85. The van der Waals surface area contributed by atoms with Crippen LogP contribution in [0.2, 0.25) is 0 Å². The van der Waals surface area contributed by atoms with Gasteiger partial charge >= 0.3 is 0 Å².